The van der Waals surface area contributed by atoms with Crippen LogP contribution < -0.4 is 0 Å². The summed E-state index contributed by atoms with van der Waals surface area (Å²) in [5.74, 6) is -0.219. The highest BCUT2D eigenvalue weighted by molar-refractivity contribution is 7.91. The number of thiophene rings is 1. The molecule has 1 atom stereocenters. The second-order valence-electron chi connectivity index (χ2n) is 7.91. The van der Waals surface area contributed by atoms with Gasteiger partial charge >= 0.3 is 5.97 Å². The van der Waals surface area contributed by atoms with Crippen LogP contribution in [0.2, 0.25) is 0 Å². The molecule has 3 rings (SSSR count). The van der Waals surface area contributed by atoms with Crippen LogP contribution >= 0.6 is 11.3 Å². The number of carbonyl (C=O) groups is 2. The second kappa shape index (κ2) is 9.14. The third kappa shape index (κ3) is 4.51. The van der Waals surface area contributed by atoms with Crippen LogP contribution in [0, 0.1) is 5.92 Å². The predicted octanol–water partition coefficient (Wildman–Crippen LogP) is 3.03. The van der Waals surface area contributed by atoms with Crippen LogP contribution in [0.5, 0.6) is 0 Å². The number of methoxy groups -OCH3 is 1. The Bertz CT molecular complexity index is 872. The molecule has 0 N–H and O–H groups in total. The van der Waals surface area contributed by atoms with Crippen LogP contribution in [-0.4, -0.2) is 56.2 Å². The van der Waals surface area contributed by atoms with E-state index in [0.29, 0.717) is 44.9 Å². The fourth-order valence-electron chi connectivity index (χ4n) is 3.88. The van der Waals surface area contributed by atoms with Gasteiger partial charge in [0, 0.05) is 30.9 Å². The molecule has 1 aromatic rings. The van der Waals surface area contributed by atoms with Crippen molar-refractivity contribution in [2.24, 2.45) is 5.92 Å². The number of fused-ring (bicyclic) bond motifs is 1. The van der Waals surface area contributed by atoms with Crippen LogP contribution in [0.25, 0.3) is 0 Å². The van der Waals surface area contributed by atoms with Gasteiger partial charge in [0.15, 0.2) is 0 Å². The van der Waals surface area contributed by atoms with Crippen molar-refractivity contribution in [2.75, 3.05) is 26.7 Å². The molecule has 1 amide bonds. The molecule has 0 unspecified atom stereocenters. The van der Waals surface area contributed by atoms with Crippen molar-refractivity contribution in [2.45, 2.75) is 63.1 Å². The maximum absolute atomic E-state index is 13.3. The van der Waals surface area contributed by atoms with Gasteiger partial charge in [0.1, 0.15) is 4.21 Å². The lowest BCUT2D eigenvalue weighted by Gasteiger charge is -2.28. The highest BCUT2D eigenvalue weighted by Crippen LogP contribution is 2.38. The van der Waals surface area contributed by atoms with E-state index in [9.17, 15) is 18.0 Å². The minimum Gasteiger partial charge on any atom is -0.465 e. The van der Waals surface area contributed by atoms with Crippen molar-refractivity contribution in [1.29, 1.82) is 0 Å². The standard InChI is InChI=1S/C20H30N2O5S2/c1-4-14(2)12-17(23)21-11-8-15-16(13-21)28-20(18(15)19(24)27-3)29(25,26)22-9-6-5-7-10-22/h14H,4-13H2,1-3H3/t14-/m1/s1. The Morgan fingerprint density at radius 2 is 1.86 bits per heavy atom. The molecule has 0 bridgehead atoms. The number of sulfonamides is 1. The van der Waals surface area contributed by atoms with E-state index in [2.05, 4.69) is 13.8 Å². The minimum atomic E-state index is -3.75. The number of amides is 1. The van der Waals surface area contributed by atoms with Crippen molar-refractivity contribution < 1.29 is 22.7 Å². The Balaban J connectivity index is 1.94. The highest BCUT2D eigenvalue weighted by atomic mass is 32.2. The summed E-state index contributed by atoms with van der Waals surface area (Å²) in [5.41, 5.74) is 0.900. The van der Waals surface area contributed by atoms with Crippen LogP contribution in [0.3, 0.4) is 0 Å². The zero-order valence-corrected chi connectivity index (χ0v) is 19.0. The minimum absolute atomic E-state index is 0.0764. The third-order valence-electron chi connectivity index (χ3n) is 5.88. The molecule has 1 saturated heterocycles. The fraction of sp³-hybridized carbons (Fsp3) is 0.700. The van der Waals surface area contributed by atoms with E-state index in [4.69, 9.17) is 4.74 Å². The lowest BCUT2D eigenvalue weighted by atomic mass is 10.0. The molecular formula is C20H30N2O5S2. The third-order valence-corrected chi connectivity index (χ3v) is 9.49. The molecule has 0 radical (unpaired) electrons. The molecular weight excluding hydrogens is 412 g/mol. The van der Waals surface area contributed by atoms with E-state index in [1.807, 2.05) is 0 Å². The summed E-state index contributed by atoms with van der Waals surface area (Å²) in [6, 6.07) is 0. The summed E-state index contributed by atoms with van der Waals surface area (Å²) in [6.45, 7) is 5.92. The summed E-state index contributed by atoms with van der Waals surface area (Å²) < 4.78 is 33.1. The molecule has 1 aromatic heterocycles. The molecule has 7 nitrogen and oxygen atoms in total. The van der Waals surface area contributed by atoms with Crippen LogP contribution in [0.15, 0.2) is 4.21 Å². The summed E-state index contributed by atoms with van der Waals surface area (Å²) in [6.07, 6.45) is 4.57. The second-order valence-corrected chi connectivity index (χ2v) is 11.1. The van der Waals surface area contributed by atoms with Crippen molar-refractivity contribution in [3.63, 3.8) is 0 Å². The van der Waals surface area contributed by atoms with E-state index in [0.717, 1.165) is 47.5 Å². The number of hydrogen-bond donors (Lipinski definition) is 0. The highest BCUT2D eigenvalue weighted by Gasteiger charge is 2.37. The SMILES string of the molecule is CC[C@@H](C)CC(=O)N1CCc2c(sc(S(=O)(=O)N3CCCCC3)c2C(=O)OC)C1. The molecule has 2 aliphatic heterocycles. The van der Waals surface area contributed by atoms with Gasteiger partial charge in [-0.3, -0.25) is 4.79 Å². The van der Waals surface area contributed by atoms with Crippen LogP contribution in [0.4, 0.5) is 0 Å². The normalized spacial score (nSPS) is 18.9. The summed E-state index contributed by atoms with van der Waals surface area (Å²) in [4.78, 5) is 27.7. The van der Waals surface area contributed by atoms with Crippen molar-refractivity contribution in [3.05, 3.63) is 16.0 Å². The first kappa shape index (κ1) is 22.2. The number of carbonyl (C=O) groups excluding carboxylic acids is 2. The zero-order chi connectivity index (χ0) is 21.2. The first-order chi connectivity index (χ1) is 13.8. The monoisotopic (exact) mass is 442 g/mol. The molecule has 3 heterocycles. The Morgan fingerprint density at radius 3 is 2.48 bits per heavy atom. The Hall–Kier alpha value is -1.45. The number of hydrogen-bond acceptors (Lipinski definition) is 6. The lowest BCUT2D eigenvalue weighted by molar-refractivity contribution is -0.133. The number of piperidine rings is 1. The van der Waals surface area contributed by atoms with E-state index in [1.165, 1.54) is 11.4 Å². The van der Waals surface area contributed by atoms with Gasteiger partial charge in [-0.1, -0.05) is 26.7 Å². The van der Waals surface area contributed by atoms with E-state index in [1.54, 1.807) is 4.90 Å². The zero-order valence-electron chi connectivity index (χ0n) is 17.4. The Labute approximate surface area is 177 Å². The Kier molecular flexibility index (Phi) is 7.01. The molecule has 9 heteroatoms. The fourth-order valence-corrected chi connectivity index (χ4v) is 7.43. The lowest BCUT2D eigenvalue weighted by Crippen LogP contribution is -2.36. The molecule has 29 heavy (non-hydrogen) atoms. The number of nitrogens with zero attached hydrogens (tertiary/aromatic N) is 2. The van der Waals surface area contributed by atoms with Crippen molar-refractivity contribution in [3.8, 4) is 0 Å². The predicted molar refractivity (Wildman–Crippen MR) is 111 cm³/mol. The van der Waals surface area contributed by atoms with E-state index in [-0.39, 0.29) is 15.7 Å². The molecule has 0 aromatic carbocycles. The van der Waals surface area contributed by atoms with E-state index >= 15 is 0 Å². The summed E-state index contributed by atoms with van der Waals surface area (Å²) in [7, 11) is -2.48. The van der Waals surface area contributed by atoms with Gasteiger partial charge in [0.05, 0.1) is 19.2 Å². The van der Waals surface area contributed by atoms with Gasteiger partial charge < -0.3 is 9.64 Å². The number of esters is 1. The van der Waals surface area contributed by atoms with Gasteiger partial charge in [-0.25, -0.2) is 13.2 Å². The quantitative estimate of drug-likeness (QED) is 0.633. The topological polar surface area (TPSA) is 84.0 Å². The number of rotatable bonds is 6. The molecule has 0 spiro atoms. The molecule has 2 aliphatic rings. The van der Waals surface area contributed by atoms with E-state index < -0.39 is 16.0 Å². The van der Waals surface area contributed by atoms with Crippen molar-refractivity contribution >= 4 is 33.2 Å². The largest absolute Gasteiger partial charge is 0.465 e. The van der Waals surface area contributed by atoms with Gasteiger partial charge in [0.2, 0.25) is 5.91 Å². The average molecular weight is 443 g/mol. The molecule has 0 saturated carbocycles. The molecule has 0 aliphatic carbocycles. The summed E-state index contributed by atoms with van der Waals surface area (Å²) >= 11 is 1.13. The molecule has 1 fully saturated rings. The van der Waals surface area contributed by atoms with Crippen LogP contribution in [-0.2, 0) is 32.5 Å². The van der Waals surface area contributed by atoms with Gasteiger partial charge in [-0.05, 0) is 30.7 Å². The Morgan fingerprint density at radius 1 is 1.17 bits per heavy atom. The van der Waals surface area contributed by atoms with Crippen molar-refractivity contribution in [1.82, 2.24) is 9.21 Å². The first-order valence-electron chi connectivity index (χ1n) is 10.3. The first-order valence-corrected chi connectivity index (χ1v) is 12.6. The van der Waals surface area contributed by atoms with Crippen LogP contribution in [0.1, 0.15) is 66.8 Å². The smallest absolute Gasteiger partial charge is 0.340 e. The average Bonchev–Trinajstić information content (AvgIpc) is 3.13. The van der Waals surface area contributed by atoms with Gasteiger partial charge in [-0.15, -0.1) is 11.3 Å². The number of ether oxygens (including phenoxy) is 1. The van der Waals surface area contributed by atoms with Gasteiger partial charge in [-0.2, -0.15) is 4.31 Å². The maximum atomic E-state index is 13.3. The van der Waals surface area contributed by atoms with Gasteiger partial charge in [0.25, 0.3) is 10.0 Å². The summed E-state index contributed by atoms with van der Waals surface area (Å²) in [5, 5.41) is 0. The maximum Gasteiger partial charge on any atom is 0.340 e. The molecule has 162 valence electrons.